The minimum atomic E-state index is -2.94. The molecule has 6 nitrogen and oxygen atoms in total. The molecule has 0 spiro atoms. The highest BCUT2D eigenvalue weighted by Crippen LogP contribution is 2.28. The van der Waals surface area contributed by atoms with E-state index in [1.54, 1.807) is 24.5 Å². The van der Waals surface area contributed by atoms with Gasteiger partial charge in [-0.25, -0.2) is 18.2 Å². The zero-order valence-electron chi connectivity index (χ0n) is 10.9. The van der Waals surface area contributed by atoms with Crippen molar-refractivity contribution in [3.8, 4) is 0 Å². The number of fused-ring (bicyclic) bond motifs is 1. The number of aromatic nitrogens is 2. The Balaban J connectivity index is 2.00. The van der Waals surface area contributed by atoms with Crippen LogP contribution < -0.4 is 0 Å². The fourth-order valence-corrected chi connectivity index (χ4v) is 4.31. The quantitative estimate of drug-likeness (QED) is 0.773. The van der Waals surface area contributed by atoms with Crippen molar-refractivity contribution in [3.63, 3.8) is 0 Å². The SMILES string of the molecule is COC(=O)c1ccn2c(C3CCS(=O)(=O)C3)ncc2c1. The van der Waals surface area contributed by atoms with E-state index in [0.717, 1.165) is 11.3 Å². The largest absolute Gasteiger partial charge is 0.465 e. The summed E-state index contributed by atoms with van der Waals surface area (Å²) >= 11 is 0. The Morgan fingerprint density at radius 1 is 1.50 bits per heavy atom. The molecular weight excluding hydrogens is 280 g/mol. The van der Waals surface area contributed by atoms with Crippen LogP contribution in [0.15, 0.2) is 24.5 Å². The van der Waals surface area contributed by atoms with E-state index >= 15 is 0 Å². The second-order valence-corrected chi connectivity index (χ2v) is 7.15. The molecule has 1 aliphatic heterocycles. The molecule has 2 aromatic heterocycles. The molecule has 7 heteroatoms. The van der Waals surface area contributed by atoms with Crippen LogP contribution >= 0.6 is 0 Å². The molecule has 0 saturated carbocycles. The molecule has 3 heterocycles. The van der Waals surface area contributed by atoms with Crippen LogP contribution in [0.4, 0.5) is 0 Å². The molecule has 1 saturated heterocycles. The molecule has 106 valence electrons. The Kier molecular flexibility index (Phi) is 3.01. The number of sulfone groups is 1. The van der Waals surface area contributed by atoms with Crippen molar-refractivity contribution in [2.24, 2.45) is 0 Å². The molecule has 0 amide bonds. The first-order chi connectivity index (χ1) is 9.50. The van der Waals surface area contributed by atoms with E-state index in [-0.39, 0.29) is 17.4 Å². The summed E-state index contributed by atoms with van der Waals surface area (Å²) in [6.45, 7) is 0. The normalized spacial score (nSPS) is 21.1. The molecule has 3 rings (SSSR count). The smallest absolute Gasteiger partial charge is 0.337 e. The molecule has 0 radical (unpaired) electrons. The minimum absolute atomic E-state index is 0.0773. The van der Waals surface area contributed by atoms with Gasteiger partial charge in [-0.3, -0.25) is 0 Å². The minimum Gasteiger partial charge on any atom is -0.465 e. The summed E-state index contributed by atoms with van der Waals surface area (Å²) in [4.78, 5) is 15.8. The number of hydrogen-bond donors (Lipinski definition) is 0. The molecule has 2 aromatic rings. The third-order valence-electron chi connectivity index (χ3n) is 3.58. The van der Waals surface area contributed by atoms with Gasteiger partial charge in [-0.05, 0) is 18.6 Å². The lowest BCUT2D eigenvalue weighted by Gasteiger charge is -2.07. The molecule has 1 fully saturated rings. The third-order valence-corrected chi connectivity index (χ3v) is 5.35. The average Bonchev–Trinajstić information content (AvgIpc) is 2.99. The van der Waals surface area contributed by atoms with Gasteiger partial charge in [-0.15, -0.1) is 0 Å². The van der Waals surface area contributed by atoms with Gasteiger partial charge in [0.2, 0.25) is 0 Å². The molecule has 20 heavy (non-hydrogen) atoms. The summed E-state index contributed by atoms with van der Waals surface area (Å²) in [5.74, 6) is 0.611. The van der Waals surface area contributed by atoms with E-state index in [1.807, 2.05) is 4.40 Å². The highest BCUT2D eigenvalue weighted by Gasteiger charge is 2.31. The monoisotopic (exact) mass is 294 g/mol. The number of esters is 1. The Hall–Kier alpha value is -1.89. The van der Waals surface area contributed by atoms with Gasteiger partial charge < -0.3 is 9.14 Å². The maximum Gasteiger partial charge on any atom is 0.337 e. The summed E-state index contributed by atoms with van der Waals surface area (Å²) in [5.41, 5.74) is 1.21. The van der Waals surface area contributed by atoms with Crippen LogP contribution in [0, 0.1) is 0 Å². The zero-order valence-corrected chi connectivity index (χ0v) is 11.8. The molecular formula is C13H14N2O4S. The number of imidazole rings is 1. The number of nitrogens with zero attached hydrogens (tertiary/aromatic N) is 2. The predicted molar refractivity (Wildman–Crippen MR) is 72.5 cm³/mol. The van der Waals surface area contributed by atoms with Gasteiger partial charge in [-0.2, -0.15) is 0 Å². The fourth-order valence-electron chi connectivity index (χ4n) is 2.57. The number of carbonyl (C=O) groups is 1. The zero-order chi connectivity index (χ0) is 14.3. The van der Waals surface area contributed by atoms with Crippen LogP contribution in [0.2, 0.25) is 0 Å². The van der Waals surface area contributed by atoms with Gasteiger partial charge in [0.05, 0.1) is 35.9 Å². The average molecular weight is 294 g/mol. The Morgan fingerprint density at radius 3 is 2.95 bits per heavy atom. The van der Waals surface area contributed by atoms with E-state index in [2.05, 4.69) is 9.72 Å². The fraction of sp³-hybridized carbons (Fsp3) is 0.385. The predicted octanol–water partition coefficient (Wildman–Crippen LogP) is 1.02. The molecule has 1 unspecified atom stereocenters. The standard InChI is InChI=1S/C13H14N2O4S/c1-19-13(16)9-2-4-15-11(6-9)7-14-12(15)10-3-5-20(17,18)8-10/h2,4,6-7,10H,3,5,8H2,1H3. The van der Waals surface area contributed by atoms with Gasteiger partial charge >= 0.3 is 5.97 Å². The molecule has 1 atom stereocenters. The molecule has 0 N–H and O–H groups in total. The lowest BCUT2D eigenvalue weighted by molar-refractivity contribution is 0.0600. The van der Waals surface area contributed by atoms with Crippen molar-refractivity contribution in [3.05, 3.63) is 35.9 Å². The van der Waals surface area contributed by atoms with Gasteiger partial charge in [0.15, 0.2) is 9.84 Å². The number of pyridine rings is 1. The number of methoxy groups -OCH3 is 1. The van der Waals surface area contributed by atoms with Crippen LogP contribution in [0.25, 0.3) is 5.52 Å². The molecule has 0 aliphatic carbocycles. The lowest BCUT2D eigenvalue weighted by Crippen LogP contribution is -2.08. The lowest BCUT2D eigenvalue weighted by atomic mass is 10.1. The summed E-state index contributed by atoms with van der Waals surface area (Å²) in [7, 11) is -1.61. The van der Waals surface area contributed by atoms with Crippen molar-refractivity contribution in [1.29, 1.82) is 0 Å². The van der Waals surface area contributed by atoms with Gasteiger partial charge in [0, 0.05) is 12.1 Å². The Labute approximate surface area is 116 Å². The number of rotatable bonds is 2. The van der Waals surface area contributed by atoms with Crippen molar-refractivity contribution < 1.29 is 17.9 Å². The number of carbonyl (C=O) groups excluding carboxylic acids is 1. The second-order valence-electron chi connectivity index (χ2n) is 4.92. The van der Waals surface area contributed by atoms with Crippen molar-refractivity contribution in [1.82, 2.24) is 9.38 Å². The highest BCUT2D eigenvalue weighted by molar-refractivity contribution is 7.91. The first-order valence-corrected chi connectivity index (χ1v) is 8.08. The second kappa shape index (κ2) is 4.59. The summed E-state index contributed by atoms with van der Waals surface area (Å²) in [5, 5.41) is 0. The summed E-state index contributed by atoms with van der Waals surface area (Å²) in [6.07, 6.45) is 3.97. The molecule has 0 bridgehead atoms. The van der Waals surface area contributed by atoms with Gasteiger partial charge in [0.25, 0.3) is 0 Å². The van der Waals surface area contributed by atoms with E-state index in [0.29, 0.717) is 12.0 Å². The first kappa shape index (κ1) is 13.1. The number of hydrogen-bond acceptors (Lipinski definition) is 5. The van der Waals surface area contributed by atoms with Gasteiger partial charge in [-0.1, -0.05) is 0 Å². The number of ether oxygens (including phenoxy) is 1. The summed E-state index contributed by atoms with van der Waals surface area (Å²) in [6, 6.07) is 3.33. The van der Waals surface area contributed by atoms with Crippen LogP contribution in [0.5, 0.6) is 0 Å². The molecule has 1 aliphatic rings. The van der Waals surface area contributed by atoms with Crippen LogP contribution in [0.3, 0.4) is 0 Å². The maximum atomic E-state index is 11.6. The van der Waals surface area contributed by atoms with E-state index in [4.69, 9.17) is 0 Å². The van der Waals surface area contributed by atoms with Crippen molar-refractivity contribution in [2.75, 3.05) is 18.6 Å². The third kappa shape index (κ3) is 2.18. The van der Waals surface area contributed by atoms with Crippen molar-refractivity contribution in [2.45, 2.75) is 12.3 Å². The first-order valence-electron chi connectivity index (χ1n) is 6.26. The topological polar surface area (TPSA) is 77.7 Å². The summed E-state index contributed by atoms with van der Waals surface area (Å²) < 4.78 is 29.6. The van der Waals surface area contributed by atoms with Crippen molar-refractivity contribution >= 4 is 21.3 Å². The molecule has 0 aromatic carbocycles. The highest BCUT2D eigenvalue weighted by atomic mass is 32.2. The Bertz CT molecular complexity index is 779. The van der Waals surface area contributed by atoms with E-state index in [9.17, 15) is 13.2 Å². The Morgan fingerprint density at radius 2 is 2.30 bits per heavy atom. The van der Waals surface area contributed by atoms with E-state index in [1.165, 1.54) is 7.11 Å². The van der Waals surface area contributed by atoms with Crippen LogP contribution in [0.1, 0.15) is 28.5 Å². The van der Waals surface area contributed by atoms with E-state index < -0.39 is 15.8 Å². The van der Waals surface area contributed by atoms with Gasteiger partial charge in [0.1, 0.15) is 5.82 Å². The van der Waals surface area contributed by atoms with Crippen LogP contribution in [-0.4, -0.2) is 42.4 Å². The van der Waals surface area contributed by atoms with Crippen LogP contribution in [-0.2, 0) is 14.6 Å². The maximum absolute atomic E-state index is 11.6.